The summed E-state index contributed by atoms with van der Waals surface area (Å²) in [6.45, 7) is 15.9. The van der Waals surface area contributed by atoms with Gasteiger partial charge in [0.1, 0.15) is 11.6 Å². The minimum Gasteiger partial charge on any atom is -0.308 e. The van der Waals surface area contributed by atoms with E-state index in [9.17, 15) is 10.5 Å². The van der Waals surface area contributed by atoms with Crippen LogP contribution in [0.1, 0.15) is 16.7 Å². The summed E-state index contributed by atoms with van der Waals surface area (Å²) in [5, 5.41) is 24.8. The number of hydrogen-bond acceptors (Lipinski definition) is 2. The SMILES string of the molecule is [C-]#[N+]c1ccccc1-c1ccc2c3ccccc3n(-c3cc(-c4c([N+]#[C-])cccc4C(F)(F)F)cc(-n4c5ccccc5c5ccc(-c6ccccc6C#N)cc54)c3C#N)c2c1. The summed E-state index contributed by atoms with van der Waals surface area (Å²) in [6, 6.07) is 53.0. The topological polar surface area (TPSA) is 66.2 Å². The Morgan fingerprint density at radius 2 is 0.968 bits per heavy atom. The zero-order valence-electron chi connectivity index (χ0n) is 32.4. The van der Waals surface area contributed by atoms with Crippen molar-refractivity contribution >= 4 is 55.0 Å². The van der Waals surface area contributed by atoms with Gasteiger partial charge in [-0.05, 0) is 75.8 Å². The normalized spacial score (nSPS) is 11.4. The van der Waals surface area contributed by atoms with Gasteiger partial charge in [-0.2, -0.15) is 23.7 Å². The van der Waals surface area contributed by atoms with Crippen LogP contribution in [0.2, 0.25) is 0 Å². The number of halogens is 3. The molecule has 2 heterocycles. The van der Waals surface area contributed by atoms with Gasteiger partial charge in [0.15, 0.2) is 11.4 Å². The van der Waals surface area contributed by atoms with Gasteiger partial charge in [-0.15, -0.1) is 0 Å². The molecule has 290 valence electrons. The minimum atomic E-state index is -4.82. The first-order chi connectivity index (χ1) is 30.2. The molecule has 0 radical (unpaired) electrons. The molecular weight excluding hydrogens is 778 g/mol. The van der Waals surface area contributed by atoms with Gasteiger partial charge in [0.2, 0.25) is 0 Å². The van der Waals surface area contributed by atoms with E-state index in [4.69, 9.17) is 13.1 Å². The lowest BCUT2D eigenvalue weighted by Crippen LogP contribution is -2.09. The van der Waals surface area contributed by atoms with Gasteiger partial charge in [0, 0.05) is 21.5 Å². The fraction of sp³-hybridized carbons (Fsp3) is 0.0189. The van der Waals surface area contributed by atoms with Crippen molar-refractivity contribution in [2.45, 2.75) is 6.18 Å². The van der Waals surface area contributed by atoms with Crippen molar-refractivity contribution in [2.24, 2.45) is 0 Å². The number of fused-ring (bicyclic) bond motifs is 6. The average Bonchev–Trinajstić information content (AvgIpc) is 3.82. The lowest BCUT2D eigenvalue weighted by molar-refractivity contribution is -0.137. The summed E-state index contributed by atoms with van der Waals surface area (Å²) in [6.07, 6.45) is -4.82. The quantitative estimate of drug-likeness (QED) is 0.163. The number of nitriles is 2. The van der Waals surface area contributed by atoms with Crippen molar-refractivity contribution in [2.75, 3.05) is 0 Å². The van der Waals surface area contributed by atoms with E-state index in [0.717, 1.165) is 38.7 Å². The molecule has 0 spiro atoms. The number of para-hydroxylation sites is 3. The van der Waals surface area contributed by atoms with Gasteiger partial charge in [0.25, 0.3) is 0 Å². The average molecular weight is 805 g/mol. The first kappa shape index (κ1) is 37.4. The Hall–Kier alpha value is -8.89. The van der Waals surface area contributed by atoms with E-state index >= 15 is 13.2 Å². The molecule has 0 unspecified atom stereocenters. The van der Waals surface area contributed by atoms with Crippen LogP contribution < -0.4 is 0 Å². The van der Waals surface area contributed by atoms with Crippen LogP contribution in [0.25, 0.3) is 98.1 Å². The van der Waals surface area contributed by atoms with Crippen molar-refractivity contribution < 1.29 is 13.2 Å². The third-order valence-corrected chi connectivity index (χ3v) is 11.5. The van der Waals surface area contributed by atoms with E-state index in [1.807, 2.05) is 118 Å². The highest BCUT2D eigenvalue weighted by atomic mass is 19.4. The van der Waals surface area contributed by atoms with Gasteiger partial charge < -0.3 is 9.13 Å². The van der Waals surface area contributed by atoms with E-state index in [1.165, 1.54) is 12.1 Å². The standard InChI is InChI=1S/C53H27F3N6/c1-59-44-18-8-5-14-37(44)33-23-25-41-39-16-7-10-21-47(39)62(49(41)27-33)51-29-35(52-43(53(54,55)56)17-11-19-45(52)60-2)28-50(42(51)31-58)61-46-20-9-6-15-38(46)40-24-22-32(26-48(40)61)36-13-4-3-12-34(36)30-57/h3-29H. The molecule has 0 fully saturated rings. The zero-order valence-corrected chi connectivity index (χ0v) is 32.4. The molecule has 0 amide bonds. The molecule has 0 aliphatic carbocycles. The lowest BCUT2D eigenvalue weighted by atomic mass is 9.94. The Bertz CT molecular complexity index is 3500. The molecular formula is C53H27F3N6. The maximum absolute atomic E-state index is 15.1. The van der Waals surface area contributed by atoms with Gasteiger partial charge in [-0.25, -0.2) is 9.69 Å². The fourth-order valence-corrected chi connectivity index (χ4v) is 8.84. The second kappa shape index (κ2) is 14.4. The van der Waals surface area contributed by atoms with Crippen LogP contribution in [0, 0.1) is 35.8 Å². The molecule has 0 aliphatic heterocycles. The van der Waals surface area contributed by atoms with Crippen LogP contribution >= 0.6 is 0 Å². The molecule has 10 aromatic rings. The number of alkyl halides is 3. The third kappa shape index (κ3) is 5.77. The molecule has 0 saturated heterocycles. The van der Waals surface area contributed by atoms with Crippen LogP contribution in [-0.2, 0) is 6.18 Å². The predicted molar refractivity (Wildman–Crippen MR) is 238 cm³/mol. The van der Waals surface area contributed by atoms with E-state index in [0.29, 0.717) is 55.8 Å². The maximum atomic E-state index is 15.1. The second-order valence-corrected chi connectivity index (χ2v) is 14.8. The zero-order chi connectivity index (χ0) is 42.7. The van der Waals surface area contributed by atoms with E-state index < -0.39 is 11.7 Å². The van der Waals surface area contributed by atoms with Crippen molar-refractivity contribution in [3.05, 3.63) is 203 Å². The van der Waals surface area contributed by atoms with E-state index in [2.05, 4.69) is 21.8 Å². The van der Waals surface area contributed by atoms with E-state index in [1.54, 1.807) is 36.4 Å². The van der Waals surface area contributed by atoms with Gasteiger partial charge in [-0.1, -0.05) is 121 Å². The van der Waals surface area contributed by atoms with Gasteiger partial charge in [0.05, 0.1) is 63.8 Å². The molecule has 8 aromatic carbocycles. The molecule has 10 rings (SSSR count). The van der Waals surface area contributed by atoms with Crippen molar-refractivity contribution in [3.8, 4) is 56.9 Å². The van der Waals surface area contributed by atoms with Crippen LogP contribution in [-0.4, -0.2) is 9.13 Å². The molecule has 6 nitrogen and oxygen atoms in total. The van der Waals surface area contributed by atoms with Crippen LogP contribution in [0.3, 0.4) is 0 Å². The highest BCUT2D eigenvalue weighted by molar-refractivity contribution is 6.12. The summed E-state index contributed by atoms with van der Waals surface area (Å²) >= 11 is 0. The molecule has 9 heteroatoms. The molecule has 2 aromatic heterocycles. The minimum absolute atomic E-state index is 0.0882. The Morgan fingerprint density at radius 3 is 1.53 bits per heavy atom. The second-order valence-electron chi connectivity index (χ2n) is 14.8. The molecule has 0 atom stereocenters. The summed E-state index contributed by atoms with van der Waals surface area (Å²) in [7, 11) is 0. The third-order valence-electron chi connectivity index (χ3n) is 11.5. The smallest absolute Gasteiger partial charge is 0.308 e. The van der Waals surface area contributed by atoms with Crippen molar-refractivity contribution in [1.29, 1.82) is 10.5 Å². The Labute approximate surface area is 353 Å². The number of hydrogen-bond donors (Lipinski definition) is 0. The Kier molecular flexibility index (Phi) is 8.70. The summed E-state index contributed by atoms with van der Waals surface area (Å²) in [5.41, 5.74) is 5.89. The number of benzene rings is 8. The molecule has 0 bridgehead atoms. The number of nitrogens with zero attached hydrogens (tertiary/aromatic N) is 6. The first-order valence-corrected chi connectivity index (χ1v) is 19.4. The number of aromatic nitrogens is 2. The van der Waals surface area contributed by atoms with E-state index in [-0.39, 0.29) is 22.4 Å². The fourth-order valence-electron chi connectivity index (χ4n) is 8.84. The Morgan fingerprint density at radius 1 is 0.468 bits per heavy atom. The first-order valence-electron chi connectivity index (χ1n) is 19.4. The van der Waals surface area contributed by atoms with Gasteiger partial charge >= 0.3 is 6.18 Å². The largest absolute Gasteiger partial charge is 0.415 e. The summed E-state index contributed by atoms with van der Waals surface area (Å²) in [4.78, 5) is 7.35. The molecule has 0 N–H and O–H groups in total. The lowest BCUT2D eigenvalue weighted by Gasteiger charge is -2.21. The summed E-state index contributed by atoms with van der Waals surface area (Å²) in [5.74, 6) is 0. The molecule has 62 heavy (non-hydrogen) atoms. The molecule has 0 saturated carbocycles. The number of rotatable bonds is 5. The van der Waals surface area contributed by atoms with Crippen LogP contribution in [0.15, 0.2) is 164 Å². The highest BCUT2D eigenvalue weighted by Crippen LogP contribution is 2.47. The van der Waals surface area contributed by atoms with Crippen LogP contribution in [0.4, 0.5) is 24.5 Å². The van der Waals surface area contributed by atoms with Gasteiger partial charge in [-0.3, -0.25) is 0 Å². The van der Waals surface area contributed by atoms with Crippen LogP contribution in [0.5, 0.6) is 0 Å². The predicted octanol–water partition coefficient (Wildman–Crippen LogP) is 14.7. The Balaban J connectivity index is 1.39. The molecule has 0 aliphatic rings. The summed E-state index contributed by atoms with van der Waals surface area (Å²) < 4.78 is 49.1. The monoisotopic (exact) mass is 804 g/mol. The highest BCUT2D eigenvalue weighted by Gasteiger charge is 2.35. The van der Waals surface area contributed by atoms with Crippen molar-refractivity contribution in [3.63, 3.8) is 0 Å². The van der Waals surface area contributed by atoms with Crippen molar-refractivity contribution in [1.82, 2.24) is 9.13 Å². The maximum Gasteiger partial charge on any atom is 0.415 e.